The number of anilines is 2. The summed E-state index contributed by atoms with van der Waals surface area (Å²) in [6.07, 6.45) is 16.5. The van der Waals surface area contributed by atoms with Gasteiger partial charge in [-0.3, -0.25) is 9.97 Å². The molecule has 10 aromatic rings. The first-order chi connectivity index (χ1) is 29.0. The first-order valence-electron chi connectivity index (χ1n) is 19.6. The van der Waals surface area contributed by atoms with Gasteiger partial charge in [0, 0.05) is 107 Å². The van der Waals surface area contributed by atoms with Crippen LogP contribution >= 0.6 is 0 Å². The first-order valence-corrected chi connectivity index (χ1v) is 19.6. The third kappa shape index (κ3) is 7.67. The fraction of sp³-hybridized carbons (Fsp3) is 0.152. The average Bonchev–Trinajstić information content (AvgIpc) is 4.11. The summed E-state index contributed by atoms with van der Waals surface area (Å²) in [5.41, 5.74) is 11.6. The van der Waals surface area contributed by atoms with Crippen LogP contribution in [0.4, 0.5) is 11.6 Å². The van der Waals surface area contributed by atoms with E-state index in [1.807, 2.05) is 47.2 Å². The van der Waals surface area contributed by atoms with Crippen LogP contribution in [0.5, 0.6) is 0 Å². The summed E-state index contributed by atoms with van der Waals surface area (Å²) < 4.78 is 3.69. The molecular formula is C46H41N13. The summed E-state index contributed by atoms with van der Waals surface area (Å²) in [6.45, 7) is 5.88. The molecule has 0 amide bonds. The summed E-state index contributed by atoms with van der Waals surface area (Å²) in [5, 5.41) is 27.7. The molecule has 13 nitrogen and oxygen atoms in total. The Morgan fingerprint density at radius 1 is 0.661 bits per heavy atom. The second-order valence-electron chi connectivity index (χ2n) is 14.5. The highest BCUT2D eigenvalue weighted by Gasteiger charge is 2.15. The highest BCUT2D eigenvalue weighted by Crippen LogP contribution is 2.27. The summed E-state index contributed by atoms with van der Waals surface area (Å²) in [5.74, 6) is 2.13. The molecule has 13 heteroatoms. The first kappa shape index (κ1) is 36.8. The van der Waals surface area contributed by atoms with Gasteiger partial charge in [0.15, 0.2) is 11.3 Å². The van der Waals surface area contributed by atoms with Crippen molar-refractivity contribution >= 4 is 44.7 Å². The van der Waals surface area contributed by atoms with E-state index in [1.165, 1.54) is 27.4 Å². The van der Waals surface area contributed by atoms with Gasteiger partial charge in [-0.2, -0.15) is 24.5 Å². The Bertz CT molecular complexity index is 3070. The van der Waals surface area contributed by atoms with E-state index >= 15 is 0 Å². The number of fused-ring (bicyclic) bond motifs is 4. The molecule has 0 fully saturated rings. The van der Waals surface area contributed by atoms with Crippen molar-refractivity contribution < 1.29 is 0 Å². The largest absolute Gasteiger partial charge is 0.370 e. The number of pyridine rings is 2. The maximum Gasteiger partial charge on any atom is 0.161 e. The monoisotopic (exact) mass is 775 g/mol. The molecule has 0 spiro atoms. The van der Waals surface area contributed by atoms with Crippen molar-refractivity contribution in [1.82, 2.24) is 49.1 Å². The molecule has 2 aromatic carbocycles. The number of para-hydroxylation sites is 2. The van der Waals surface area contributed by atoms with Gasteiger partial charge in [-0.25, -0.2) is 9.97 Å². The molecule has 8 aromatic heterocycles. The van der Waals surface area contributed by atoms with Gasteiger partial charge < -0.3 is 20.6 Å². The lowest BCUT2D eigenvalue weighted by atomic mass is 10.1. The van der Waals surface area contributed by atoms with Gasteiger partial charge in [0.2, 0.25) is 0 Å². The second-order valence-corrected chi connectivity index (χ2v) is 14.5. The molecule has 59 heavy (non-hydrogen) atoms. The number of hydrogen-bond donors (Lipinski definition) is 4. The van der Waals surface area contributed by atoms with Crippen LogP contribution in [0.3, 0.4) is 0 Å². The number of nitriles is 1. The van der Waals surface area contributed by atoms with Crippen molar-refractivity contribution in [2.75, 3.05) is 23.7 Å². The predicted octanol–water partition coefficient (Wildman–Crippen LogP) is 8.85. The average molecular weight is 776 g/mol. The Hall–Kier alpha value is -7.85. The zero-order valence-corrected chi connectivity index (χ0v) is 32.6. The van der Waals surface area contributed by atoms with Gasteiger partial charge in [0.25, 0.3) is 0 Å². The number of rotatable bonds is 11. The van der Waals surface area contributed by atoms with E-state index in [9.17, 15) is 0 Å². The van der Waals surface area contributed by atoms with E-state index in [0.29, 0.717) is 11.5 Å². The fourth-order valence-electron chi connectivity index (χ4n) is 7.33. The Morgan fingerprint density at radius 2 is 1.32 bits per heavy atom. The standard InChI is InChI=1S/C24H24N6.C22H17N7/c1-16(2)20-15-28-30-23(12-22(29-24(20)30)18-6-5-10-25-13-18)26-11-9-17-14-27-21-8-4-3-7-19(17)21;23-11-15-9-17(13-24-12-15)20-10-22(29-21(28-20)6-8-27-29)25-7-5-16-14-26-19-4-2-1-3-18(16)19/h3-8,10,12-16,26-27H,9,11H2,1-2H3;1-4,6,8-10,12-14,25-26H,5,7H2. The number of H-pyrrole nitrogens is 2. The highest BCUT2D eigenvalue weighted by atomic mass is 15.3. The maximum absolute atomic E-state index is 9.14. The minimum atomic E-state index is 0.346. The van der Waals surface area contributed by atoms with Crippen molar-refractivity contribution in [1.29, 1.82) is 5.26 Å². The van der Waals surface area contributed by atoms with Gasteiger partial charge in [-0.05, 0) is 60.2 Å². The Kier molecular flexibility index (Phi) is 10.2. The molecule has 0 aliphatic rings. The van der Waals surface area contributed by atoms with Crippen LogP contribution in [0.25, 0.3) is 55.6 Å². The van der Waals surface area contributed by atoms with E-state index < -0.39 is 0 Å². The molecule has 0 atom stereocenters. The molecule has 10 rings (SSSR count). The fourth-order valence-corrected chi connectivity index (χ4v) is 7.33. The maximum atomic E-state index is 9.14. The smallest absolute Gasteiger partial charge is 0.161 e. The summed E-state index contributed by atoms with van der Waals surface area (Å²) >= 11 is 0. The molecule has 0 aliphatic carbocycles. The summed E-state index contributed by atoms with van der Waals surface area (Å²) in [4.78, 5) is 24.6. The summed E-state index contributed by atoms with van der Waals surface area (Å²) in [7, 11) is 0. The number of hydrogen-bond acceptors (Lipinski definition) is 9. The van der Waals surface area contributed by atoms with Crippen LogP contribution in [0, 0.1) is 11.3 Å². The second kappa shape index (κ2) is 16.3. The molecule has 8 heterocycles. The molecule has 0 bridgehead atoms. The zero-order chi connectivity index (χ0) is 40.1. The third-order valence-electron chi connectivity index (χ3n) is 10.4. The highest BCUT2D eigenvalue weighted by molar-refractivity contribution is 5.84. The minimum absolute atomic E-state index is 0.346. The van der Waals surface area contributed by atoms with Crippen molar-refractivity contribution in [3.8, 4) is 28.6 Å². The predicted molar refractivity (Wildman–Crippen MR) is 232 cm³/mol. The van der Waals surface area contributed by atoms with E-state index in [1.54, 1.807) is 35.4 Å². The third-order valence-corrected chi connectivity index (χ3v) is 10.4. The number of aromatic nitrogens is 10. The molecule has 0 aliphatic heterocycles. The lowest BCUT2D eigenvalue weighted by molar-refractivity contribution is 0.871. The van der Waals surface area contributed by atoms with Crippen molar-refractivity contribution in [3.05, 3.63) is 157 Å². The lowest BCUT2D eigenvalue weighted by Gasteiger charge is -2.12. The molecule has 0 radical (unpaired) electrons. The van der Waals surface area contributed by atoms with E-state index in [2.05, 4.69) is 127 Å². The van der Waals surface area contributed by atoms with Gasteiger partial charge in [-0.15, -0.1) is 0 Å². The van der Waals surface area contributed by atoms with Crippen molar-refractivity contribution in [3.63, 3.8) is 0 Å². The van der Waals surface area contributed by atoms with Crippen molar-refractivity contribution in [2.24, 2.45) is 0 Å². The molecule has 0 unspecified atom stereocenters. The number of aromatic amines is 2. The normalized spacial score (nSPS) is 11.3. The van der Waals surface area contributed by atoms with E-state index in [0.717, 1.165) is 82.5 Å². The van der Waals surface area contributed by atoms with Crippen LogP contribution in [0.15, 0.2) is 135 Å². The zero-order valence-electron chi connectivity index (χ0n) is 32.6. The number of nitrogens with one attached hydrogen (secondary N) is 4. The van der Waals surface area contributed by atoms with Gasteiger partial charge >= 0.3 is 0 Å². The van der Waals surface area contributed by atoms with Crippen LogP contribution in [0.2, 0.25) is 0 Å². The quantitative estimate of drug-likeness (QED) is 0.100. The molecule has 4 N–H and O–H groups in total. The minimum Gasteiger partial charge on any atom is -0.370 e. The van der Waals surface area contributed by atoms with Crippen LogP contribution in [0.1, 0.15) is 42.0 Å². The van der Waals surface area contributed by atoms with Crippen LogP contribution in [-0.4, -0.2) is 62.2 Å². The Labute approximate surface area is 339 Å². The Morgan fingerprint density at radius 3 is 1.98 bits per heavy atom. The molecule has 290 valence electrons. The molecule has 0 saturated carbocycles. The lowest BCUT2D eigenvalue weighted by Crippen LogP contribution is -2.10. The topological polar surface area (TPSA) is 166 Å². The number of nitrogens with zero attached hydrogens (tertiary/aromatic N) is 9. The molecular weight excluding hydrogens is 735 g/mol. The molecule has 0 saturated heterocycles. The summed E-state index contributed by atoms with van der Waals surface area (Å²) in [6, 6.07) is 30.4. The van der Waals surface area contributed by atoms with Gasteiger partial charge in [0.05, 0.1) is 29.3 Å². The SMILES string of the molecule is CC(C)c1cnn2c(NCCc3c[nH]c4ccccc34)cc(-c3cccnc3)nc12.N#Cc1cncc(-c2cc(NCCc3c[nH]c4ccccc34)n3nccc3n2)c1. The van der Waals surface area contributed by atoms with E-state index in [4.69, 9.17) is 10.2 Å². The Balaban J connectivity index is 0.000000152. The van der Waals surface area contributed by atoms with Gasteiger partial charge in [-0.1, -0.05) is 50.2 Å². The van der Waals surface area contributed by atoms with Gasteiger partial charge in [0.1, 0.15) is 17.7 Å². The van der Waals surface area contributed by atoms with Crippen LogP contribution in [-0.2, 0) is 12.8 Å². The van der Waals surface area contributed by atoms with E-state index in [-0.39, 0.29) is 0 Å². The van der Waals surface area contributed by atoms with Crippen LogP contribution < -0.4 is 10.6 Å². The number of benzene rings is 2. The van der Waals surface area contributed by atoms with Crippen molar-refractivity contribution in [2.45, 2.75) is 32.6 Å².